The largest absolute Gasteiger partial charge is 0.370 e. The van der Waals surface area contributed by atoms with E-state index in [2.05, 4.69) is 15.3 Å². The molecule has 0 aliphatic carbocycles. The molecule has 3 heterocycles. The van der Waals surface area contributed by atoms with Crippen LogP contribution >= 0.6 is 0 Å². The second-order valence-corrected chi connectivity index (χ2v) is 6.38. The normalized spacial score (nSPS) is 28.0. The van der Waals surface area contributed by atoms with E-state index in [4.69, 9.17) is 5.73 Å². The van der Waals surface area contributed by atoms with Crippen LogP contribution in [0.3, 0.4) is 0 Å². The summed E-state index contributed by atoms with van der Waals surface area (Å²) in [6.07, 6.45) is 3.72. The van der Waals surface area contributed by atoms with Gasteiger partial charge in [0.05, 0.1) is 12.0 Å². The lowest BCUT2D eigenvalue weighted by Gasteiger charge is -2.42. The van der Waals surface area contributed by atoms with E-state index < -0.39 is 5.54 Å². The van der Waals surface area contributed by atoms with Crippen LogP contribution in [0.25, 0.3) is 0 Å². The summed E-state index contributed by atoms with van der Waals surface area (Å²) in [4.78, 5) is 34.8. The van der Waals surface area contributed by atoms with E-state index in [0.29, 0.717) is 25.2 Å². The van der Waals surface area contributed by atoms with Gasteiger partial charge in [0.2, 0.25) is 5.91 Å². The first-order valence-electron chi connectivity index (χ1n) is 7.83. The first-order chi connectivity index (χ1) is 11.0. The maximum absolute atomic E-state index is 12.6. The molecular formula is C16H21N5O2. The first-order valence-corrected chi connectivity index (χ1v) is 7.83. The van der Waals surface area contributed by atoms with Crippen LogP contribution in [-0.2, 0) is 4.79 Å². The Kier molecular flexibility index (Phi) is 4.02. The van der Waals surface area contributed by atoms with Crippen molar-refractivity contribution in [2.75, 3.05) is 13.1 Å². The minimum Gasteiger partial charge on any atom is -0.370 e. The number of hydrogen-bond acceptors (Lipinski definition) is 5. The first kappa shape index (κ1) is 15.5. The summed E-state index contributed by atoms with van der Waals surface area (Å²) < 4.78 is 0. The van der Waals surface area contributed by atoms with Gasteiger partial charge in [0.1, 0.15) is 5.69 Å². The van der Waals surface area contributed by atoms with Gasteiger partial charge in [-0.1, -0.05) is 6.07 Å². The number of carbonyl (C=O) groups is 2. The molecule has 1 aromatic rings. The molecule has 0 bridgehead atoms. The van der Waals surface area contributed by atoms with Gasteiger partial charge in [0, 0.05) is 25.2 Å². The highest BCUT2D eigenvalue weighted by Crippen LogP contribution is 2.34. The van der Waals surface area contributed by atoms with Crippen LogP contribution in [0.4, 0.5) is 0 Å². The summed E-state index contributed by atoms with van der Waals surface area (Å²) in [7, 11) is 0. The molecule has 1 aromatic heterocycles. The molecule has 1 saturated heterocycles. The van der Waals surface area contributed by atoms with Crippen LogP contribution in [0.5, 0.6) is 0 Å². The summed E-state index contributed by atoms with van der Waals surface area (Å²) in [5.74, 6) is 0.0785. The SMILES string of the molecule is C[C@@]1(C2CCCN(C(=O)c3ccccn3)C2)CC(=O)NC(N)=N1. The van der Waals surface area contributed by atoms with Crippen LogP contribution in [0, 0.1) is 5.92 Å². The Morgan fingerprint density at radius 1 is 1.48 bits per heavy atom. The van der Waals surface area contributed by atoms with Gasteiger partial charge in [0.25, 0.3) is 5.91 Å². The lowest BCUT2D eigenvalue weighted by Crippen LogP contribution is -2.54. The Hall–Kier alpha value is -2.44. The standard InChI is InChI=1S/C16H21N5O2/c1-16(9-13(22)19-15(17)20-16)11-5-4-8-21(10-11)14(23)12-6-2-3-7-18-12/h2-3,6-7,11H,4-5,8-10H2,1H3,(H3,17,19,20,22)/t11?,16-/m0/s1. The summed E-state index contributed by atoms with van der Waals surface area (Å²) in [6, 6.07) is 5.31. The number of nitrogens with one attached hydrogen (secondary N) is 1. The van der Waals surface area contributed by atoms with Gasteiger partial charge in [-0.3, -0.25) is 19.9 Å². The summed E-state index contributed by atoms with van der Waals surface area (Å²) in [5, 5.41) is 2.53. The number of hydrogen-bond donors (Lipinski definition) is 2. The molecule has 2 aliphatic heterocycles. The fourth-order valence-electron chi connectivity index (χ4n) is 3.41. The smallest absolute Gasteiger partial charge is 0.272 e. The molecule has 122 valence electrons. The number of carbonyl (C=O) groups excluding carboxylic acids is 2. The topological polar surface area (TPSA) is 101 Å². The van der Waals surface area contributed by atoms with Crippen LogP contribution in [0.1, 0.15) is 36.7 Å². The number of rotatable bonds is 2. The molecule has 7 heteroatoms. The van der Waals surface area contributed by atoms with Gasteiger partial charge >= 0.3 is 0 Å². The van der Waals surface area contributed by atoms with Crippen molar-refractivity contribution in [1.82, 2.24) is 15.2 Å². The zero-order valence-electron chi connectivity index (χ0n) is 13.2. The average Bonchev–Trinajstić information content (AvgIpc) is 2.54. The van der Waals surface area contributed by atoms with Crippen molar-refractivity contribution in [3.63, 3.8) is 0 Å². The van der Waals surface area contributed by atoms with Crippen molar-refractivity contribution < 1.29 is 9.59 Å². The van der Waals surface area contributed by atoms with E-state index in [1.54, 1.807) is 29.3 Å². The third kappa shape index (κ3) is 3.18. The average molecular weight is 315 g/mol. The van der Waals surface area contributed by atoms with Gasteiger partial charge < -0.3 is 10.6 Å². The number of nitrogens with zero attached hydrogens (tertiary/aromatic N) is 3. The van der Waals surface area contributed by atoms with Gasteiger partial charge in [0.15, 0.2) is 5.96 Å². The molecule has 3 N–H and O–H groups in total. The lowest BCUT2D eigenvalue weighted by atomic mass is 9.77. The maximum Gasteiger partial charge on any atom is 0.272 e. The molecule has 0 aromatic carbocycles. The molecule has 7 nitrogen and oxygen atoms in total. The zero-order valence-corrected chi connectivity index (χ0v) is 13.2. The highest BCUT2D eigenvalue weighted by Gasteiger charge is 2.42. The zero-order chi connectivity index (χ0) is 16.4. The van der Waals surface area contributed by atoms with E-state index in [0.717, 1.165) is 12.8 Å². The van der Waals surface area contributed by atoms with Crippen molar-refractivity contribution in [2.24, 2.45) is 16.6 Å². The molecule has 2 atom stereocenters. The quantitative estimate of drug-likeness (QED) is 0.831. The fourth-order valence-corrected chi connectivity index (χ4v) is 3.41. The highest BCUT2D eigenvalue weighted by atomic mass is 16.2. The number of pyridine rings is 1. The van der Waals surface area contributed by atoms with Crippen LogP contribution in [-0.4, -0.2) is 46.3 Å². The third-order valence-corrected chi connectivity index (χ3v) is 4.63. The third-order valence-electron chi connectivity index (χ3n) is 4.63. The predicted molar refractivity (Wildman–Crippen MR) is 85.7 cm³/mol. The lowest BCUT2D eigenvalue weighted by molar-refractivity contribution is -0.121. The number of likely N-dealkylation sites (tertiary alicyclic amines) is 1. The van der Waals surface area contributed by atoms with E-state index >= 15 is 0 Å². The highest BCUT2D eigenvalue weighted by molar-refractivity contribution is 5.99. The number of amides is 2. The van der Waals surface area contributed by atoms with Crippen LogP contribution in [0.2, 0.25) is 0 Å². The molecule has 1 fully saturated rings. The second kappa shape index (κ2) is 5.98. The molecule has 3 rings (SSSR count). The molecule has 0 spiro atoms. The Morgan fingerprint density at radius 3 is 3.00 bits per heavy atom. The number of piperidine rings is 1. The summed E-state index contributed by atoms with van der Waals surface area (Å²) in [5.41, 5.74) is 5.61. The fraction of sp³-hybridized carbons (Fsp3) is 0.500. The molecule has 0 radical (unpaired) electrons. The molecule has 2 aliphatic rings. The second-order valence-electron chi connectivity index (χ2n) is 6.38. The van der Waals surface area contributed by atoms with Crippen molar-refractivity contribution in [3.05, 3.63) is 30.1 Å². The van der Waals surface area contributed by atoms with Gasteiger partial charge in [-0.25, -0.2) is 4.99 Å². The van der Waals surface area contributed by atoms with E-state index in [1.807, 2.05) is 6.92 Å². The molecule has 1 unspecified atom stereocenters. The van der Waals surface area contributed by atoms with Gasteiger partial charge in [-0.15, -0.1) is 0 Å². The minimum absolute atomic E-state index is 0.0730. The van der Waals surface area contributed by atoms with E-state index in [1.165, 1.54) is 0 Å². The number of aliphatic imine (C=N–C) groups is 1. The molecular weight excluding hydrogens is 294 g/mol. The van der Waals surface area contributed by atoms with Crippen molar-refractivity contribution in [2.45, 2.75) is 31.7 Å². The predicted octanol–water partition coefficient (Wildman–Crippen LogP) is 0.527. The molecule has 23 heavy (non-hydrogen) atoms. The number of aromatic nitrogens is 1. The maximum atomic E-state index is 12.6. The Morgan fingerprint density at radius 2 is 2.30 bits per heavy atom. The van der Waals surface area contributed by atoms with E-state index in [-0.39, 0.29) is 23.7 Å². The Bertz CT molecular complexity index is 645. The van der Waals surface area contributed by atoms with Gasteiger partial charge in [-0.05, 0) is 31.9 Å². The number of nitrogens with two attached hydrogens (primary N) is 1. The van der Waals surface area contributed by atoms with Crippen LogP contribution in [0.15, 0.2) is 29.4 Å². The number of guanidine groups is 1. The van der Waals surface area contributed by atoms with E-state index in [9.17, 15) is 9.59 Å². The van der Waals surface area contributed by atoms with Gasteiger partial charge in [-0.2, -0.15) is 0 Å². The Balaban J connectivity index is 1.77. The van der Waals surface area contributed by atoms with Crippen molar-refractivity contribution in [1.29, 1.82) is 0 Å². The summed E-state index contributed by atoms with van der Waals surface area (Å²) >= 11 is 0. The monoisotopic (exact) mass is 315 g/mol. The summed E-state index contributed by atoms with van der Waals surface area (Å²) in [6.45, 7) is 3.21. The van der Waals surface area contributed by atoms with Crippen molar-refractivity contribution >= 4 is 17.8 Å². The van der Waals surface area contributed by atoms with Crippen LogP contribution < -0.4 is 11.1 Å². The molecule has 2 amide bonds. The minimum atomic E-state index is -0.560. The Labute approximate surface area is 135 Å². The molecule has 0 saturated carbocycles. The van der Waals surface area contributed by atoms with Crippen molar-refractivity contribution in [3.8, 4) is 0 Å².